The quantitative estimate of drug-likeness (QED) is 0.335. The number of nitro benzene ring substituents is 1. The molecule has 9 heteroatoms. The fourth-order valence-corrected chi connectivity index (χ4v) is 6.89. The minimum atomic E-state index is -1.05. The van der Waals surface area contributed by atoms with E-state index in [1.165, 1.54) is 0 Å². The van der Waals surface area contributed by atoms with Gasteiger partial charge in [0, 0.05) is 41.3 Å². The van der Waals surface area contributed by atoms with E-state index in [9.17, 15) is 14.3 Å². The molecule has 3 atom stereocenters. The number of aromatic amines is 1. The lowest BCUT2D eigenvalue weighted by molar-refractivity contribution is -0.384. The van der Waals surface area contributed by atoms with Gasteiger partial charge in [-0.3, -0.25) is 19.4 Å². The Bertz CT molecular complexity index is 1210. The minimum absolute atomic E-state index is 0.133. The van der Waals surface area contributed by atoms with Crippen LogP contribution in [-0.2, 0) is 23.6 Å². The normalized spacial score (nSPS) is 22.2. The molecule has 2 aliphatic rings. The molecular weight excluding hydrogens is 460 g/mol. The van der Waals surface area contributed by atoms with Crippen molar-refractivity contribution in [2.24, 2.45) is 5.92 Å². The van der Waals surface area contributed by atoms with Crippen molar-refractivity contribution in [2.75, 3.05) is 11.1 Å². The summed E-state index contributed by atoms with van der Waals surface area (Å²) in [7, 11) is -1.05. The minimum Gasteiger partial charge on any atom is -0.338 e. The lowest BCUT2D eigenvalue weighted by Gasteiger charge is -2.20. The van der Waals surface area contributed by atoms with Crippen LogP contribution in [0.1, 0.15) is 48.4 Å². The molecule has 5 rings (SSSR count). The lowest BCUT2D eigenvalue weighted by Crippen LogP contribution is -2.12. The van der Waals surface area contributed by atoms with Crippen LogP contribution in [-0.4, -0.2) is 25.1 Å². The molecule has 0 saturated heterocycles. The van der Waals surface area contributed by atoms with E-state index < -0.39 is 10.8 Å². The Balaban J connectivity index is 1.24. The van der Waals surface area contributed by atoms with Gasteiger partial charge in [0.25, 0.3) is 5.69 Å². The third-order valence-corrected chi connectivity index (χ3v) is 8.72. The van der Waals surface area contributed by atoms with E-state index in [0.29, 0.717) is 22.6 Å². The Morgan fingerprint density at radius 3 is 2.82 bits per heavy atom. The van der Waals surface area contributed by atoms with Crippen LogP contribution in [0.2, 0.25) is 5.02 Å². The predicted octanol–water partition coefficient (Wildman–Crippen LogP) is 5.90. The Morgan fingerprint density at radius 1 is 1.21 bits per heavy atom. The first-order valence-electron chi connectivity index (χ1n) is 11.2. The highest BCUT2D eigenvalue weighted by Crippen LogP contribution is 2.40. The molecule has 1 aliphatic heterocycles. The molecule has 0 amide bonds. The first kappa shape index (κ1) is 22.1. The van der Waals surface area contributed by atoms with Crippen molar-refractivity contribution < 1.29 is 9.13 Å². The summed E-state index contributed by atoms with van der Waals surface area (Å²) in [6.07, 6.45) is 5.96. The van der Waals surface area contributed by atoms with Gasteiger partial charge in [-0.05, 0) is 67.7 Å². The molecule has 2 heterocycles. The Kier molecular flexibility index (Phi) is 6.21. The van der Waals surface area contributed by atoms with Gasteiger partial charge in [-0.25, -0.2) is 0 Å². The topological polar surface area (TPSA) is 101 Å². The van der Waals surface area contributed by atoms with Crippen LogP contribution < -0.4 is 5.32 Å². The Morgan fingerprint density at radius 2 is 2.03 bits per heavy atom. The molecule has 0 bridgehead atoms. The molecule has 0 spiro atoms. The van der Waals surface area contributed by atoms with Gasteiger partial charge >= 0.3 is 0 Å². The SMILES string of the molecule is O=[N+]([O-])c1ccc(CC2CCC(c3cc(Nc4ccc(Cl)c5c4CCCS5=O)n[nH]3)C2)cc1. The zero-order chi connectivity index (χ0) is 22.9. The van der Waals surface area contributed by atoms with Crippen molar-refractivity contribution in [3.05, 3.63) is 74.4 Å². The van der Waals surface area contributed by atoms with Crippen molar-refractivity contribution >= 4 is 39.6 Å². The van der Waals surface area contributed by atoms with Crippen LogP contribution in [0.15, 0.2) is 47.4 Å². The number of benzene rings is 2. The summed E-state index contributed by atoms with van der Waals surface area (Å²) in [5.41, 5.74) is 4.34. The number of rotatable bonds is 6. The molecule has 1 aliphatic carbocycles. The van der Waals surface area contributed by atoms with Gasteiger partial charge in [0.1, 0.15) is 0 Å². The van der Waals surface area contributed by atoms with Gasteiger partial charge in [-0.1, -0.05) is 23.7 Å². The molecule has 1 fully saturated rings. The number of hydrogen-bond donors (Lipinski definition) is 2. The van der Waals surface area contributed by atoms with Gasteiger partial charge in [0.15, 0.2) is 5.82 Å². The largest absolute Gasteiger partial charge is 0.338 e. The highest BCUT2D eigenvalue weighted by molar-refractivity contribution is 7.85. The van der Waals surface area contributed by atoms with E-state index in [1.54, 1.807) is 18.2 Å². The monoisotopic (exact) mass is 484 g/mol. The maximum atomic E-state index is 12.4. The smallest absolute Gasteiger partial charge is 0.269 e. The number of nitro groups is 1. The molecule has 2 N–H and O–H groups in total. The summed E-state index contributed by atoms with van der Waals surface area (Å²) in [6.45, 7) is 0. The van der Waals surface area contributed by atoms with Crippen LogP contribution in [0.4, 0.5) is 17.2 Å². The van der Waals surface area contributed by atoms with Gasteiger partial charge in [-0.2, -0.15) is 5.10 Å². The maximum absolute atomic E-state index is 12.4. The molecular formula is C24H25ClN4O3S. The second-order valence-corrected chi connectivity index (χ2v) is 10.8. The van der Waals surface area contributed by atoms with E-state index in [4.69, 9.17) is 11.6 Å². The fraction of sp³-hybridized carbons (Fsp3) is 0.375. The third-order valence-electron chi connectivity index (χ3n) is 6.71. The molecule has 2 aromatic carbocycles. The fourth-order valence-electron chi connectivity index (χ4n) is 5.07. The summed E-state index contributed by atoms with van der Waals surface area (Å²) in [5, 5.41) is 22.5. The molecule has 3 aromatic rings. The van der Waals surface area contributed by atoms with E-state index in [2.05, 4.69) is 21.6 Å². The van der Waals surface area contributed by atoms with Gasteiger partial charge in [0.2, 0.25) is 0 Å². The molecule has 7 nitrogen and oxygen atoms in total. The average Bonchev–Trinajstić information content (AvgIpc) is 3.46. The van der Waals surface area contributed by atoms with Crippen molar-refractivity contribution in [3.8, 4) is 0 Å². The summed E-state index contributed by atoms with van der Waals surface area (Å²) >= 11 is 6.32. The highest BCUT2D eigenvalue weighted by Gasteiger charge is 2.28. The number of halogens is 1. The number of anilines is 2. The number of fused-ring (bicyclic) bond motifs is 1. The molecule has 172 valence electrons. The van der Waals surface area contributed by atoms with Crippen LogP contribution in [0, 0.1) is 16.0 Å². The number of non-ortho nitro benzene ring substituents is 1. The molecule has 3 unspecified atom stereocenters. The molecule has 33 heavy (non-hydrogen) atoms. The van der Waals surface area contributed by atoms with Crippen LogP contribution in [0.3, 0.4) is 0 Å². The van der Waals surface area contributed by atoms with Crippen LogP contribution in [0.5, 0.6) is 0 Å². The lowest BCUT2D eigenvalue weighted by atomic mass is 9.95. The van der Waals surface area contributed by atoms with Gasteiger partial charge < -0.3 is 5.32 Å². The van der Waals surface area contributed by atoms with Gasteiger partial charge in [-0.15, -0.1) is 0 Å². The second kappa shape index (κ2) is 9.27. The van der Waals surface area contributed by atoms with Crippen molar-refractivity contribution in [3.63, 3.8) is 0 Å². The van der Waals surface area contributed by atoms with E-state index in [1.807, 2.05) is 18.2 Å². The summed E-state index contributed by atoms with van der Waals surface area (Å²) in [4.78, 5) is 11.2. The first-order chi connectivity index (χ1) is 16.0. The standard InChI is InChI=1S/C24H25ClN4O3S/c25-20-9-10-21(19-2-1-11-33(32)24(19)20)26-23-14-22(27-28-23)17-6-3-16(13-17)12-15-4-7-18(8-5-15)29(30)31/h4-5,7-10,14,16-17H,1-3,6,11-13H2,(H2,26,27,28). The van der Waals surface area contributed by atoms with Crippen LogP contribution in [0.25, 0.3) is 0 Å². The molecule has 0 radical (unpaired) electrons. The molecule has 1 saturated carbocycles. The summed E-state index contributed by atoms with van der Waals surface area (Å²) < 4.78 is 12.4. The Labute approximate surface area is 199 Å². The van der Waals surface area contributed by atoms with Crippen LogP contribution >= 0.6 is 11.6 Å². The van der Waals surface area contributed by atoms with Crippen molar-refractivity contribution in [1.29, 1.82) is 0 Å². The van der Waals surface area contributed by atoms with Crippen molar-refractivity contribution in [1.82, 2.24) is 10.2 Å². The van der Waals surface area contributed by atoms with E-state index >= 15 is 0 Å². The first-order valence-corrected chi connectivity index (χ1v) is 12.9. The highest BCUT2D eigenvalue weighted by atomic mass is 35.5. The maximum Gasteiger partial charge on any atom is 0.269 e. The third kappa shape index (κ3) is 4.68. The van der Waals surface area contributed by atoms with E-state index in [-0.39, 0.29) is 10.6 Å². The number of H-pyrrole nitrogens is 1. The number of hydrogen-bond acceptors (Lipinski definition) is 5. The summed E-state index contributed by atoms with van der Waals surface area (Å²) in [5.74, 6) is 2.38. The molecule has 1 aromatic heterocycles. The zero-order valence-corrected chi connectivity index (χ0v) is 19.6. The zero-order valence-electron chi connectivity index (χ0n) is 18.1. The summed E-state index contributed by atoms with van der Waals surface area (Å²) in [6, 6.07) is 12.7. The average molecular weight is 485 g/mol. The predicted molar refractivity (Wildman–Crippen MR) is 130 cm³/mol. The Hall–Kier alpha value is -2.71. The number of nitrogens with one attached hydrogen (secondary N) is 2. The van der Waals surface area contributed by atoms with Gasteiger partial charge in [0.05, 0.1) is 25.6 Å². The number of nitrogens with zero attached hydrogens (tertiary/aromatic N) is 2. The number of aromatic nitrogens is 2. The second-order valence-electron chi connectivity index (χ2n) is 8.89. The van der Waals surface area contributed by atoms with E-state index in [0.717, 1.165) is 71.7 Å². The van der Waals surface area contributed by atoms with Crippen molar-refractivity contribution in [2.45, 2.75) is 49.3 Å².